The summed E-state index contributed by atoms with van der Waals surface area (Å²) in [7, 11) is 1.67. The van der Waals surface area contributed by atoms with Gasteiger partial charge in [0.25, 0.3) is 0 Å². The second-order valence-corrected chi connectivity index (χ2v) is 3.70. The number of nitrogens with zero attached hydrogens (tertiary/aromatic N) is 2. The first kappa shape index (κ1) is 10.7. The van der Waals surface area contributed by atoms with Gasteiger partial charge in [0.15, 0.2) is 0 Å². The van der Waals surface area contributed by atoms with Crippen LogP contribution in [-0.4, -0.2) is 16.9 Å². The second kappa shape index (κ2) is 4.84. The highest BCUT2D eigenvalue weighted by molar-refractivity contribution is 5.38. The third-order valence-electron chi connectivity index (χ3n) is 2.47. The quantitative estimate of drug-likeness (QED) is 0.785. The minimum atomic E-state index is 0.852. The van der Waals surface area contributed by atoms with Crippen molar-refractivity contribution in [3.63, 3.8) is 0 Å². The van der Waals surface area contributed by atoms with E-state index in [-0.39, 0.29) is 0 Å². The highest BCUT2D eigenvalue weighted by Gasteiger charge is 2.01. The van der Waals surface area contributed by atoms with Crippen molar-refractivity contribution in [2.45, 2.75) is 19.8 Å². The monoisotopic (exact) mass is 216 g/mol. The van der Waals surface area contributed by atoms with Crippen LogP contribution in [0, 0.1) is 0 Å². The average molecular weight is 216 g/mol. The Bertz CT molecular complexity index is 462. The number of methoxy groups -OCH3 is 1. The zero-order chi connectivity index (χ0) is 11.4. The molecule has 0 saturated heterocycles. The average Bonchev–Trinajstić information content (AvgIpc) is 2.78. The minimum absolute atomic E-state index is 0.852. The van der Waals surface area contributed by atoms with Gasteiger partial charge in [0.2, 0.25) is 0 Å². The van der Waals surface area contributed by atoms with Crippen LogP contribution in [0.2, 0.25) is 0 Å². The van der Waals surface area contributed by atoms with Gasteiger partial charge in [0.05, 0.1) is 18.5 Å². The Morgan fingerprint density at radius 2 is 2.19 bits per heavy atom. The van der Waals surface area contributed by atoms with Crippen molar-refractivity contribution in [3.05, 3.63) is 42.2 Å². The van der Waals surface area contributed by atoms with Gasteiger partial charge in [-0.2, -0.15) is 5.10 Å². The van der Waals surface area contributed by atoms with Gasteiger partial charge in [-0.3, -0.25) is 0 Å². The molecule has 16 heavy (non-hydrogen) atoms. The van der Waals surface area contributed by atoms with Gasteiger partial charge >= 0.3 is 0 Å². The van der Waals surface area contributed by atoms with Crippen molar-refractivity contribution in [2.75, 3.05) is 7.11 Å². The van der Waals surface area contributed by atoms with E-state index in [1.54, 1.807) is 7.11 Å². The highest BCUT2D eigenvalue weighted by atomic mass is 16.5. The molecule has 2 aromatic rings. The third-order valence-corrected chi connectivity index (χ3v) is 2.47. The van der Waals surface area contributed by atoms with Crippen LogP contribution in [0.5, 0.6) is 5.75 Å². The summed E-state index contributed by atoms with van der Waals surface area (Å²) in [6, 6.07) is 9.95. The molecule has 0 radical (unpaired) electrons. The molecule has 0 atom stereocenters. The summed E-state index contributed by atoms with van der Waals surface area (Å²) in [4.78, 5) is 0. The topological polar surface area (TPSA) is 27.1 Å². The first-order chi connectivity index (χ1) is 7.83. The van der Waals surface area contributed by atoms with Crippen LogP contribution in [-0.2, 0) is 6.42 Å². The van der Waals surface area contributed by atoms with Gasteiger partial charge in [-0.05, 0) is 24.6 Å². The van der Waals surface area contributed by atoms with Gasteiger partial charge in [-0.15, -0.1) is 0 Å². The van der Waals surface area contributed by atoms with Crippen LogP contribution < -0.4 is 4.74 Å². The summed E-state index contributed by atoms with van der Waals surface area (Å²) in [5.41, 5.74) is 2.16. The molecule has 0 aliphatic rings. The first-order valence-electron chi connectivity index (χ1n) is 5.52. The van der Waals surface area contributed by atoms with E-state index in [1.807, 2.05) is 35.1 Å². The lowest BCUT2D eigenvalue weighted by Crippen LogP contribution is -1.96. The van der Waals surface area contributed by atoms with Crippen molar-refractivity contribution >= 4 is 0 Å². The van der Waals surface area contributed by atoms with E-state index in [9.17, 15) is 0 Å². The standard InChI is InChI=1S/C13H16N2O/c1-3-5-11-8-9-15(14-11)12-6-4-7-13(10-12)16-2/h4,6-10H,3,5H2,1-2H3. The van der Waals surface area contributed by atoms with Crippen molar-refractivity contribution in [3.8, 4) is 11.4 Å². The van der Waals surface area contributed by atoms with Gasteiger partial charge < -0.3 is 4.74 Å². The Labute approximate surface area is 95.7 Å². The number of aromatic nitrogens is 2. The molecule has 1 aromatic heterocycles. The molecule has 0 aliphatic heterocycles. The van der Waals surface area contributed by atoms with Crippen LogP contribution in [0.25, 0.3) is 5.69 Å². The van der Waals surface area contributed by atoms with E-state index in [1.165, 1.54) is 0 Å². The maximum Gasteiger partial charge on any atom is 0.121 e. The molecule has 3 heteroatoms. The number of hydrogen-bond donors (Lipinski definition) is 0. The molecular formula is C13H16N2O. The fraction of sp³-hybridized carbons (Fsp3) is 0.308. The van der Waals surface area contributed by atoms with Crippen LogP contribution in [0.1, 0.15) is 19.0 Å². The van der Waals surface area contributed by atoms with Crippen molar-refractivity contribution in [2.24, 2.45) is 0 Å². The normalized spacial score (nSPS) is 10.4. The molecule has 1 aromatic carbocycles. The lowest BCUT2D eigenvalue weighted by atomic mass is 10.3. The van der Waals surface area contributed by atoms with Crippen LogP contribution in [0.4, 0.5) is 0 Å². The maximum atomic E-state index is 5.19. The Morgan fingerprint density at radius 1 is 1.31 bits per heavy atom. The summed E-state index contributed by atoms with van der Waals surface area (Å²) in [6.45, 7) is 2.16. The molecule has 3 nitrogen and oxygen atoms in total. The molecular weight excluding hydrogens is 200 g/mol. The fourth-order valence-electron chi connectivity index (χ4n) is 1.65. The van der Waals surface area contributed by atoms with Gasteiger partial charge in [-0.1, -0.05) is 19.4 Å². The molecule has 0 N–H and O–H groups in total. The number of rotatable bonds is 4. The lowest BCUT2D eigenvalue weighted by Gasteiger charge is -2.04. The molecule has 0 spiro atoms. The number of aryl methyl sites for hydroxylation is 1. The highest BCUT2D eigenvalue weighted by Crippen LogP contribution is 2.16. The summed E-state index contributed by atoms with van der Waals surface area (Å²) in [5, 5.41) is 4.51. The van der Waals surface area contributed by atoms with Crippen LogP contribution >= 0.6 is 0 Å². The number of hydrogen-bond acceptors (Lipinski definition) is 2. The van der Waals surface area contributed by atoms with Crippen molar-refractivity contribution in [1.82, 2.24) is 9.78 Å². The molecule has 84 valence electrons. The van der Waals surface area contributed by atoms with Crippen LogP contribution in [0.3, 0.4) is 0 Å². The van der Waals surface area contributed by atoms with Gasteiger partial charge in [-0.25, -0.2) is 4.68 Å². The summed E-state index contributed by atoms with van der Waals surface area (Å²) in [5.74, 6) is 0.852. The SMILES string of the molecule is CCCc1ccn(-c2cccc(OC)c2)n1. The smallest absolute Gasteiger partial charge is 0.121 e. The lowest BCUT2D eigenvalue weighted by molar-refractivity contribution is 0.414. The van der Waals surface area contributed by atoms with E-state index in [2.05, 4.69) is 18.1 Å². The maximum absolute atomic E-state index is 5.19. The van der Waals surface area contributed by atoms with E-state index >= 15 is 0 Å². The third kappa shape index (κ3) is 2.24. The molecule has 0 bridgehead atoms. The zero-order valence-corrected chi connectivity index (χ0v) is 9.68. The van der Waals surface area contributed by atoms with E-state index in [0.29, 0.717) is 0 Å². The Kier molecular flexibility index (Phi) is 3.25. The second-order valence-electron chi connectivity index (χ2n) is 3.70. The predicted molar refractivity (Wildman–Crippen MR) is 64.1 cm³/mol. The Balaban J connectivity index is 2.27. The fourth-order valence-corrected chi connectivity index (χ4v) is 1.65. The van der Waals surface area contributed by atoms with E-state index in [4.69, 9.17) is 4.74 Å². The van der Waals surface area contributed by atoms with Gasteiger partial charge in [0.1, 0.15) is 5.75 Å². The van der Waals surface area contributed by atoms with E-state index in [0.717, 1.165) is 30.0 Å². The molecule has 0 fully saturated rings. The predicted octanol–water partition coefficient (Wildman–Crippen LogP) is 2.83. The number of ether oxygens (including phenoxy) is 1. The molecule has 2 rings (SSSR count). The Morgan fingerprint density at radius 3 is 2.94 bits per heavy atom. The zero-order valence-electron chi connectivity index (χ0n) is 9.68. The molecule has 0 saturated carbocycles. The largest absolute Gasteiger partial charge is 0.497 e. The molecule has 1 heterocycles. The van der Waals surface area contributed by atoms with Crippen LogP contribution in [0.15, 0.2) is 36.5 Å². The Hall–Kier alpha value is -1.77. The summed E-state index contributed by atoms with van der Waals surface area (Å²) >= 11 is 0. The van der Waals surface area contributed by atoms with Gasteiger partial charge in [0, 0.05) is 12.3 Å². The molecule has 0 aliphatic carbocycles. The minimum Gasteiger partial charge on any atom is -0.497 e. The van der Waals surface area contributed by atoms with Crippen molar-refractivity contribution < 1.29 is 4.74 Å². The van der Waals surface area contributed by atoms with E-state index < -0.39 is 0 Å². The molecule has 0 amide bonds. The molecule has 0 unspecified atom stereocenters. The summed E-state index contributed by atoms with van der Waals surface area (Å²) in [6.07, 6.45) is 4.13. The number of benzene rings is 1. The van der Waals surface area contributed by atoms with Crippen molar-refractivity contribution in [1.29, 1.82) is 0 Å². The summed E-state index contributed by atoms with van der Waals surface area (Å²) < 4.78 is 7.07. The first-order valence-corrected chi connectivity index (χ1v) is 5.52.